The number of benzene rings is 3. The molecule has 0 bridgehead atoms. The number of halogens is 3. The molecule has 0 radical (unpaired) electrons. The van der Waals surface area contributed by atoms with Crippen molar-refractivity contribution in [2.75, 3.05) is 26.3 Å². The Bertz CT molecular complexity index is 1420. The fourth-order valence-corrected chi connectivity index (χ4v) is 5.27. The van der Waals surface area contributed by atoms with E-state index in [1.807, 2.05) is 18.2 Å². The Morgan fingerprint density at radius 3 is 2.30 bits per heavy atom. The van der Waals surface area contributed by atoms with Crippen LogP contribution in [0.1, 0.15) is 20.7 Å². The Morgan fingerprint density at radius 1 is 0.939 bits per heavy atom. The number of rotatable bonds is 3. The van der Waals surface area contributed by atoms with Crippen molar-refractivity contribution in [2.45, 2.75) is 0 Å². The third-order valence-corrected chi connectivity index (χ3v) is 6.63. The minimum atomic E-state index is -0.598. The van der Waals surface area contributed by atoms with E-state index in [0.717, 1.165) is 16.3 Å². The Balaban J connectivity index is 1.72. The summed E-state index contributed by atoms with van der Waals surface area (Å²) in [7, 11) is 0. The number of carbonyl (C=O) groups is 2. The molecule has 1 aliphatic rings. The van der Waals surface area contributed by atoms with Crippen molar-refractivity contribution < 1.29 is 14.3 Å². The summed E-state index contributed by atoms with van der Waals surface area (Å²) in [6.45, 7) is 2.15. The topological polar surface area (TPSA) is 88.4 Å². The van der Waals surface area contributed by atoms with Gasteiger partial charge in [-0.3, -0.25) is 9.59 Å². The molecular weight excluding hydrogens is 485 g/mol. The van der Waals surface area contributed by atoms with Gasteiger partial charge >= 0.3 is 0 Å². The van der Waals surface area contributed by atoms with Crippen molar-refractivity contribution in [2.24, 2.45) is 5.73 Å². The fourth-order valence-electron chi connectivity index (χ4n) is 4.24. The number of ether oxygens (including phenoxy) is 1. The van der Waals surface area contributed by atoms with Crippen LogP contribution in [-0.4, -0.2) is 48.0 Å². The molecule has 1 fully saturated rings. The van der Waals surface area contributed by atoms with Crippen molar-refractivity contribution in [1.29, 1.82) is 0 Å². The molecule has 6 nitrogen and oxygen atoms in total. The lowest BCUT2D eigenvalue weighted by Gasteiger charge is -2.26. The summed E-state index contributed by atoms with van der Waals surface area (Å²) in [6.07, 6.45) is 0. The van der Waals surface area contributed by atoms with E-state index in [2.05, 4.69) is 4.98 Å². The second kappa shape index (κ2) is 8.54. The molecule has 0 unspecified atom stereocenters. The van der Waals surface area contributed by atoms with Gasteiger partial charge in [0.15, 0.2) is 0 Å². The second-order valence-corrected chi connectivity index (χ2v) is 9.10. The van der Waals surface area contributed by atoms with E-state index in [-0.39, 0.29) is 5.91 Å². The first-order valence-electron chi connectivity index (χ1n) is 10.2. The molecule has 2 heterocycles. The minimum Gasteiger partial charge on any atom is -0.378 e. The van der Waals surface area contributed by atoms with Gasteiger partial charge in [-0.2, -0.15) is 0 Å². The van der Waals surface area contributed by atoms with Crippen molar-refractivity contribution in [3.05, 3.63) is 68.7 Å². The molecule has 9 heteroatoms. The van der Waals surface area contributed by atoms with E-state index >= 15 is 0 Å². The maximum atomic E-state index is 13.0. The fraction of sp³-hybridized carbons (Fsp3) is 0.167. The van der Waals surface area contributed by atoms with Crippen LogP contribution < -0.4 is 5.73 Å². The maximum absolute atomic E-state index is 13.0. The number of hydrogen-bond acceptors (Lipinski definition) is 3. The molecule has 3 aromatic carbocycles. The number of nitrogens with two attached hydrogens (primary N) is 1. The van der Waals surface area contributed by atoms with Gasteiger partial charge in [-0.25, -0.2) is 0 Å². The molecule has 3 N–H and O–H groups in total. The van der Waals surface area contributed by atoms with Gasteiger partial charge in [-0.15, -0.1) is 0 Å². The third-order valence-electron chi connectivity index (χ3n) is 5.81. The SMILES string of the molecule is NC(=O)c1cc(-c2c(Cl)cc(Cl)cc2Cl)cc2c1[nH]c1ccc(C(=O)N3CCOCC3)cc12. The number of morpholine rings is 1. The summed E-state index contributed by atoms with van der Waals surface area (Å²) in [5.41, 5.74) is 9.07. The molecule has 2 amide bonds. The lowest BCUT2D eigenvalue weighted by molar-refractivity contribution is 0.0303. The zero-order valence-corrected chi connectivity index (χ0v) is 19.5. The number of hydrogen-bond donors (Lipinski definition) is 2. The summed E-state index contributed by atoms with van der Waals surface area (Å²) in [5.74, 6) is -0.663. The molecule has 4 aromatic rings. The summed E-state index contributed by atoms with van der Waals surface area (Å²) in [5, 5.41) is 2.63. The zero-order valence-electron chi connectivity index (χ0n) is 17.3. The number of fused-ring (bicyclic) bond motifs is 3. The largest absolute Gasteiger partial charge is 0.378 e. The third kappa shape index (κ3) is 3.93. The van der Waals surface area contributed by atoms with Crippen molar-refractivity contribution >= 4 is 68.4 Å². The molecule has 5 rings (SSSR count). The highest BCUT2D eigenvalue weighted by Gasteiger charge is 2.21. The first-order valence-corrected chi connectivity index (χ1v) is 11.4. The summed E-state index contributed by atoms with van der Waals surface area (Å²) in [4.78, 5) is 30.4. The van der Waals surface area contributed by atoms with Crippen LogP contribution in [0, 0.1) is 0 Å². The van der Waals surface area contributed by atoms with Crippen LogP contribution in [-0.2, 0) is 4.74 Å². The van der Waals surface area contributed by atoms with Crippen LogP contribution in [0.5, 0.6) is 0 Å². The average molecular weight is 503 g/mol. The average Bonchev–Trinajstić information content (AvgIpc) is 3.15. The quantitative estimate of drug-likeness (QED) is 0.387. The van der Waals surface area contributed by atoms with Crippen LogP contribution in [0.15, 0.2) is 42.5 Å². The standard InChI is InChI=1S/C24H18Cl3N3O3/c25-14-10-18(26)21(19(27)11-14)13-8-16-15-7-12(24(32)30-3-5-33-6-4-30)1-2-20(15)29-22(16)17(9-13)23(28)31/h1-2,7-11,29H,3-6H2,(H2,28,31). The van der Waals surface area contributed by atoms with Crippen LogP contribution in [0.3, 0.4) is 0 Å². The highest BCUT2D eigenvalue weighted by Crippen LogP contribution is 2.40. The van der Waals surface area contributed by atoms with E-state index in [0.29, 0.717) is 69.1 Å². The zero-order chi connectivity index (χ0) is 23.3. The van der Waals surface area contributed by atoms with Crippen LogP contribution in [0.2, 0.25) is 15.1 Å². The number of carbonyl (C=O) groups excluding carboxylic acids is 2. The number of aromatic nitrogens is 1. The number of aromatic amines is 1. The van der Waals surface area contributed by atoms with Gasteiger partial charge in [0.25, 0.3) is 11.8 Å². The van der Waals surface area contributed by atoms with Crippen molar-refractivity contribution in [1.82, 2.24) is 9.88 Å². The van der Waals surface area contributed by atoms with Crippen molar-refractivity contribution in [3.63, 3.8) is 0 Å². The van der Waals surface area contributed by atoms with Gasteiger partial charge in [0.2, 0.25) is 0 Å². The summed E-state index contributed by atoms with van der Waals surface area (Å²) < 4.78 is 5.35. The van der Waals surface area contributed by atoms with Gasteiger partial charge in [-0.05, 0) is 48.0 Å². The Morgan fingerprint density at radius 2 is 1.64 bits per heavy atom. The number of amides is 2. The molecule has 1 aliphatic heterocycles. The van der Waals surface area contributed by atoms with Crippen LogP contribution in [0.25, 0.3) is 32.9 Å². The lowest BCUT2D eigenvalue weighted by Crippen LogP contribution is -2.40. The van der Waals surface area contributed by atoms with E-state index in [4.69, 9.17) is 45.3 Å². The van der Waals surface area contributed by atoms with Gasteiger partial charge in [0, 0.05) is 45.5 Å². The molecule has 33 heavy (non-hydrogen) atoms. The minimum absolute atomic E-state index is 0.0652. The van der Waals surface area contributed by atoms with Gasteiger partial charge in [0.1, 0.15) is 0 Å². The molecular formula is C24H18Cl3N3O3. The lowest BCUT2D eigenvalue weighted by atomic mass is 9.98. The number of primary amides is 1. The predicted octanol–water partition coefficient (Wildman–Crippen LogP) is 5.52. The normalized spacial score (nSPS) is 14.2. The summed E-state index contributed by atoms with van der Waals surface area (Å²) >= 11 is 19.0. The Kier molecular flexibility index (Phi) is 5.70. The van der Waals surface area contributed by atoms with E-state index < -0.39 is 5.91 Å². The Hall–Kier alpha value is -2.77. The smallest absolute Gasteiger partial charge is 0.254 e. The van der Waals surface area contributed by atoms with Gasteiger partial charge in [-0.1, -0.05) is 34.8 Å². The summed E-state index contributed by atoms with van der Waals surface area (Å²) in [6, 6.07) is 12.1. The number of nitrogens with one attached hydrogen (secondary N) is 1. The molecule has 1 saturated heterocycles. The number of nitrogens with zero attached hydrogens (tertiary/aromatic N) is 1. The number of H-pyrrole nitrogens is 1. The first kappa shape index (κ1) is 22.0. The molecule has 1 aromatic heterocycles. The second-order valence-electron chi connectivity index (χ2n) is 7.84. The van der Waals surface area contributed by atoms with Crippen LogP contribution >= 0.6 is 34.8 Å². The molecule has 0 saturated carbocycles. The first-order chi connectivity index (χ1) is 15.8. The van der Waals surface area contributed by atoms with E-state index in [1.165, 1.54) is 0 Å². The van der Waals surface area contributed by atoms with Crippen molar-refractivity contribution in [3.8, 4) is 11.1 Å². The molecule has 0 spiro atoms. The predicted molar refractivity (Wildman–Crippen MR) is 132 cm³/mol. The molecule has 0 aliphatic carbocycles. The van der Waals surface area contributed by atoms with Gasteiger partial charge < -0.3 is 20.4 Å². The highest BCUT2D eigenvalue weighted by atomic mass is 35.5. The maximum Gasteiger partial charge on any atom is 0.254 e. The van der Waals surface area contributed by atoms with Gasteiger partial charge in [0.05, 0.1) is 34.3 Å². The Labute approximate surface area is 204 Å². The van der Waals surface area contributed by atoms with Crippen LogP contribution in [0.4, 0.5) is 0 Å². The highest BCUT2D eigenvalue weighted by molar-refractivity contribution is 6.42. The molecule has 0 atom stereocenters. The molecule has 168 valence electrons. The van der Waals surface area contributed by atoms with E-state index in [9.17, 15) is 9.59 Å². The van der Waals surface area contributed by atoms with E-state index in [1.54, 1.807) is 29.2 Å². The monoisotopic (exact) mass is 501 g/mol.